The molecule has 1 atom stereocenters. The number of carbonyl (C=O) groups excluding carboxylic acids is 1. The van der Waals surface area contributed by atoms with Gasteiger partial charge in [-0.1, -0.05) is 6.08 Å². The first-order chi connectivity index (χ1) is 5.20. The molecule has 0 aliphatic carbocycles. The van der Waals surface area contributed by atoms with Crippen LogP contribution in [-0.4, -0.2) is 12.5 Å². The number of carbonyl (C=O) groups is 1. The van der Waals surface area contributed by atoms with Crippen molar-refractivity contribution in [3.8, 4) is 6.07 Å². The minimum Gasteiger partial charge on any atom is -0.351 e. The van der Waals surface area contributed by atoms with E-state index in [1.807, 2.05) is 6.07 Å². The van der Waals surface area contributed by atoms with Gasteiger partial charge in [-0.25, -0.2) is 0 Å². The second kappa shape index (κ2) is 5.48. The van der Waals surface area contributed by atoms with E-state index < -0.39 is 0 Å². The van der Waals surface area contributed by atoms with Crippen LogP contribution in [0.2, 0.25) is 0 Å². The molecule has 3 nitrogen and oxygen atoms in total. The van der Waals surface area contributed by atoms with Gasteiger partial charge in [-0.15, -0.1) is 0 Å². The van der Waals surface area contributed by atoms with E-state index in [2.05, 4.69) is 5.32 Å². The molecule has 0 heterocycles. The molecule has 1 unspecified atom stereocenters. The molecule has 1 amide bonds. The van der Waals surface area contributed by atoms with Crippen molar-refractivity contribution in [2.45, 2.75) is 13.8 Å². The number of hydrogen-bond acceptors (Lipinski definition) is 2. The Hall–Kier alpha value is -1.30. The Bertz CT molecular complexity index is 191. The molecule has 0 fully saturated rings. The van der Waals surface area contributed by atoms with Crippen molar-refractivity contribution >= 4 is 5.91 Å². The average Bonchev–Trinajstić information content (AvgIpc) is 2.01. The number of amides is 1. The molecule has 0 spiro atoms. The van der Waals surface area contributed by atoms with Gasteiger partial charge in [-0.05, 0) is 19.9 Å². The summed E-state index contributed by atoms with van der Waals surface area (Å²) in [6, 6.07) is 2.02. The summed E-state index contributed by atoms with van der Waals surface area (Å²) in [5.74, 6) is -0.265. The van der Waals surface area contributed by atoms with Crippen molar-refractivity contribution in [3.63, 3.8) is 0 Å². The monoisotopic (exact) mass is 152 g/mol. The predicted octanol–water partition coefficient (Wildman–Crippen LogP) is 0.838. The van der Waals surface area contributed by atoms with Crippen LogP contribution in [0.3, 0.4) is 0 Å². The molecule has 0 saturated heterocycles. The normalized spacial score (nSPS) is 12.5. The number of nitrogens with zero attached hydrogens (tertiary/aromatic N) is 1. The maximum Gasteiger partial charge on any atom is 0.243 e. The Morgan fingerprint density at radius 2 is 2.45 bits per heavy atom. The number of hydrogen-bond donors (Lipinski definition) is 1. The first-order valence-corrected chi connectivity index (χ1v) is 3.50. The molecule has 3 heteroatoms. The van der Waals surface area contributed by atoms with E-state index in [0.717, 1.165) is 0 Å². The molecule has 60 valence electrons. The summed E-state index contributed by atoms with van der Waals surface area (Å²) in [7, 11) is 0. The van der Waals surface area contributed by atoms with Crippen LogP contribution >= 0.6 is 0 Å². The van der Waals surface area contributed by atoms with Crippen molar-refractivity contribution in [2.24, 2.45) is 5.92 Å². The molecule has 0 aromatic heterocycles. The largest absolute Gasteiger partial charge is 0.351 e. The van der Waals surface area contributed by atoms with E-state index in [-0.39, 0.29) is 11.8 Å². The topological polar surface area (TPSA) is 52.9 Å². The summed E-state index contributed by atoms with van der Waals surface area (Å²) in [5.41, 5.74) is 0. The Balaban J connectivity index is 3.56. The van der Waals surface area contributed by atoms with E-state index in [1.165, 1.54) is 6.08 Å². The molecule has 0 bridgehead atoms. The standard InChI is InChI=1S/C8H12N2O/c1-3-4-8(11)10-6-7(2)5-9/h3-4,7H,6H2,1-2H3,(H,10,11). The highest BCUT2D eigenvalue weighted by Gasteiger charge is 1.99. The molecular weight excluding hydrogens is 140 g/mol. The van der Waals surface area contributed by atoms with Gasteiger partial charge in [0.1, 0.15) is 0 Å². The molecular formula is C8H12N2O. The van der Waals surface area contributed by atoms with Crippen LogP contribution in [0.5, 0.6) is 0 Å². The van der Waals surface area contributed by atoms with Gasteiger partial charge < -0.3 is 5.32 Å². The van der Waals surface area contributed by atoms with Gasteiger partial charge in [0.2, 0.25) is 5.91 Å². The Morgan fingerprint density at radius 1 is 1.82 bits per heavy atom. The fraction of sp³-hybridized carbons (Fsp3) is 0.500. The zero-order chi connectivity index (χ0) is 8.69. The maximum atomic E-state index is 10.8. The quantitative estimate of drug-likeness (QED) is 0.609. The average molecular weight is 152 g/mol. The third kappa shape index (κ3) is 5.16. The van der Waals surface area contributed by atoms with Gasteiger partial charge in [0.25, 0.3) is 0 Å². The van der Waals surface area contributed by atoms with Crippen LogP contribution in [0.4, 0.5) is 0 Å². The van der Waals surface area contributed by atoms with E-state index >= 15 is 0 Å². The van der Waals surface area contributed by atoms with Crippen LogP contribution in [0.1, 0.15) is 13.8 Å². The van der Waals surface area contributed by atoms with E-state index in [9.17, 15) is 4.79 Å². The zero-order valence-electron chi connectivity index (χ0n) is 6.79. The molecule has 1 N–H and O–H groups in total. The summed E-state index contributed by atoms with van der Waals surface area (Å²) >= 11 is 0. The van der Waals surface area contributed by atoms with Crippen LogP contribution < -0.4 is 5.32 Å². The summed E-state index contributed by atoms with van der Waals surface area (Å²) < 4.78 is 0. The highest BCUT2D eigenvalue weighted by Crippen LogP contribution is 1.87. The molecule has 11 heavy (non-hydrogen) atoms. The second-order valence-electron chi connectivity index (χ2n) is 2.28. The fourth-order valence-corrected chi connectivity index (χ4v) is 0.510. The molecule has 0 aliphatic heterocycles. The van der Waals surface area contributed by atoms with Crippen LogP contribution in [0.15, 0.2) is 12.2 Å². The Kier molecular flexibility index (Phi) is 4.83. The van der Waals surface area contributed by atoms with Crippen molar-refractivity contribution in [1.82, 2.24) is 5.32 Å². The highest BCUT2D eigenvalue weighted by molar-refractivity contribution is 5.87. The summed E-state index contributed by atoms with van der Waals surface area (Å²) in [5, 5.41) is 10.9. The third-order valence-electron chi connectivity index (χ3n) is 1.12. The lowest BCUT2D eigenvalue weighted by atomic mass is 10.2. The Labute approximate surface area is 66.7 Å². The minimum atomic E-state index is -0.144. The van der Waals surface area contributed by atoms with Crippen molar-refractivity contribution in [2.75, 3.05) is 6.54 Å². The predicted molar refractivity (Wildman–Crippen MR) is 42.6 cm³/mol. The second-order valence-corrected chi connectivity index (χ2v) is 2.28. The van der Waals surface area contributed by atoms with E-state index in [4.69, 9.17) is 5.26 Å². The third-order valence-corrected chi connectivity index (χ3v) is 1.12. The lowest BCUT2D eigenvalue weighted by molar-refractivity contribution is -0.116. The van der Waals surface area contributed by atoms with E-state index in [1.54, 1.807) is 19.9 Å². The lowest BCUT2D eigenvalue weighted by Crippen LogP contribution is -2.25. The molecule has 0 saturated carbocycles. The number of nitriles is 1. The van der Waals surface area contributed by atoms with Gasteiger partial charge in [-0.2, -0.15) is 5.26 Å². The SMILES string of the molecule is CC=CC(=O)NCC(C)C#N. The summed E-state index contributed by atoms with van der Waals surface area (Å²) in [6.07, 6.45) is 3.09. The number of allylic oxidation sites excluding steroid dienone is 1. The fourth-order valence-electron chi connectivity index (χ4n) is 0.510. The molecule has 0 aromatic rings. The van der Waals surface area contributed by atoms with Crippen molar-refractivity contribution in [3.05, 3.63) is 12.2 Å². The molecule has 0 aliphatic rings. The van der Waals surface area contributed by atoms with Crippen molar-refractivity contribution in [1.29, 1.82) is 5.26 Å². The summed E-state index contributed by atoms with van der Waals surface area (Å²) in [6.45, 7) is 3.95. The van der Waals surface area contributed by atoms with Crippen molar-refractivity contribution < 1.29 is 4.79 Å². The van der Waals surface area contributed by atoms with Gasteiger partial charge in [0, 0.05) is 6.54 Å². The van der Waals surface area contributed by atoms with Crippen LogP contribution in [-0.2, 0) is 4.79 Å². The van der Waals surface area contributed by atoms with E-state index in [0.29, 0.717) is 6.54 Å². The highest BCUT2D eigenvalue weighted by atomic mass is 16.1. The van der Waals surface area contributed by atoms with Crippen LogP contribution in [0, 0.1) is 17.2 Å². The number of rotatable bonds is 3. The Morgan fingerprint density at radius 3 is 2.91 bits per heavy atom. The molecule has 0 radical (unpaired) electrons. The van der Waals surface area contributed by atoms with Gasteiger partial charge in [-0.3, -0.25) is 4.79 Å². The zero-order valence-corrected chi connectivity index (χ0v) is 6.79. The first-order valence-electron chi connectivity index (χ1n) is 3.50. The minimum absolute atomic E-state index is 0.121. The molecule has 0 rings (SSSR count). The van der Waals surface area contributed by atoms with Crippen LogP contribution in [0.25, 0.3) is 0 Å². The molecule has 0 aromatic carbocycles. The first kappa shape index (κ1) is 9.70. The van der Waals surface area contributed by atoms with Gasteiger partial charge >= 0.3 is 0 Å². The lowest BCUT2D eigenvalue weighted by Gasteiger charge is -2.01. The smallest absolute Gasteiger partial charge is 0.243 e. The maximum absolute atomic E-state index is 10.8. The summed E-state index contributed by atoms with van der Waals surface area (Å²) in [4.78, 5) is 10.8. The van der Waals surface area contributed by atoms with Gasteiger partial charge in [0.05, 0.1) is 12.0 Å². The van der Waals surface area contributed by atoms with Gasteiger partial charge in [0.15, 0.2) is 0 Å². The number of nitrogens with one attached hydrogen (secondary N) is 1.